The highest BCUT2D eigenvalue weighted by Gasteiger charge is 2.64. The number of rotatable bonds is 2. The lowest BCUT2D eigenvalue weighted by Gasteiger charge is -2.29. The second kappa shape index (κ2) is 3.71. The van der Waals surface area contributed by atoms with Gasteiger partial charge in [-0.15, -0.1) is 5.06 Å². The molecule has 1 aliphatic heterocycles. The van der Waals surface area contributed by atoms with Gasteiger partial charge in [0.25, 0.3) is 0 Å². The average molecular weight is 230 g/mol. The van der Waals surface area contributed by atoms with Gasteiger partial charge >= 0.3 is 5.66 Å². The summed E-state index contributed by atoms with van der Waals surface area (Å²) in [4.78, 5) is 0. The van der Waals surface area contributed by atoms with Crippen LogP contribution in [0.4, 0.5) is 0 Å². The summed E-state index contributed by atoms with van der Waals surface area (Å²) in [6.45, 7) is 8.62. The highest BCUT2D eigenvalue weighted by atomic mass is 16.6. The third-order valence-corrected chi connectivity index (χ3v) is 3.49. The summed E-state index contributed by atoms with van der Waals surface area (Å²) in [7, 11) is 0. The molecule has 6 heteroatoms. The van der Waals surface area contributed by atoms with Gasteiger partial charge in [-0.05, 0) is 20.8 Å². The molecule has 1 heterocycles. The van der Waals surface area contributed by atoms with Crippen molar-refractivity contribution in [1.82, 2.24) is 5.06 Å². The van der Waals surface area contributed by atoms with Crippen molar-refractivity contribution in [3.63, 3.8) is 0 Å². The number of hydrogen-bond donors (Lipinski definition) is 3. The van der Waals surface area contributed by atoms with Crippen molar-refractivity contribution in [3.8, 4) is 0 Å². The smallest absolute Gasteiger partial charge is 0.327 e. The van der Waals surface area contributed by atoms with Crippen molar-refractivity contribution in [2.45, 2.75) is 52.2 Å². The van der Waals surface area contributed by atoms with Gasteiger partial charge in [-0.3, -0.25) is 5.21 Å². The molecule has 0 aromatic rings. The third-order valence-electron chi connectivity index (χ3n) is 3.49. The van der Waals surface area contributed by atoms with Crippen LogP contribution >= 0.6 is 0 Å². The Morgan fingerprint density at radius 2 is 1.94 bits per heavy atom. The molecule has 1 unspecified atom stereocenters. The van der Waals surface area contributed by atoms with Gasteiger partial charge in [0, 0.05) is 18.1 Å². The van der Waals surface area contributed by atoms with Crippen LogP contribution in [-0.2, 0) is 0 Å². The number of hydrogen-bond acceptors (Lipinski definition) is 5. The van der Waals surface area contributed by atoms with Crippen LogP contribution in [0.3, 0.4) is 0 Å². The Bertz CT molecular complexity index is 362. The molecule has 1 atom stereocenters. The summed E-state index contributed by atoms with van der Waals surface area (Å²) >= 11 is 0. The van der Waals surface area contributed by atoms with Gasteiger partial charge in [0.05, 0.1) is 0 Å². The van der Waals surface area contributed by atoms with Crippen LogP contribution in [-0.4, -0.2) is 48.0 Å². The molecular weight excluding hydrogens is 210 g/mol. The van der Waals surface area contributed by atoms with Gasteiger partial charge in [0.1, 0.15) is 11.3 Å². The van der Waals surface area contributed by atoms with Crippen molar-refractivity contribution in [3.05, 3.63) is 0 Å². The molecule has 6 nitrogen and oxygen atoms in total. The largest absolute Gasteiger partial charge is 0.411 e. The first-order valence-corrected chi connectivity index (χ1v) is 5.28. The van der Waals surface area contributed by atoms with Crippen molar-refractivity contribution in [1.29, 1.82) is 0 Å². The molecule has 0 radical (unpaired) electrons. The van der Waals surface area contributed by atoms with Gasteiger partial charge in [0.15, 0.2) is 0 Å². The fourth-order valence-corrected chi connectivity index (χ4v) is 2.26. The Hall–Kier alpha value is -1.14. The lowest BCUT2D eigenvalue weighted by Crippen LogP contribution is -2.57. The predicted octanol–water partition coefficient (Wildman–Crippen LogP) is 1.29. The molecule has 0 aromatic heterocycles. The van der Waals surface area contributed by atoms with Crippen molar-refractivity contribution >= 4 is 11.4 Å². The van der Waals surface area contributed by atoms with E-state index in [0.29, 0.717) is 12.1 Å². The fraction of sp³-hybridized carbons (Fsp3) is 0.800. The molecule has 0 saturated carbocycles. The zero-order valence-electron chi connectivity index (χ0n) is 10.4. The minimum absolute atomic E-state index is 0.217. The summed E-state index contributed by atoms with van der Waals surface area (Å²) in [5.41, 5.74) is -1.05. The number of hydroxylamine groups is 3. The Balaban J connectivity index is 3.42. The molecule has 92 valence electrons. The SMILES string of the molecule is CCC1=[N+](O)C(C)(C(C)=NO)N(O)C1(C)C. The molecule has 0 fully saturated rings. The van der Waals surface area contributed by atoms with E-state index in [1.165, 1.54) is 0 Å². The van der Waals surface area contributed by atoms with Crippen LogP contribution in [0.2, 0.25) is 0 Å². The van der Waals surface area contributed by atoms with Crippen LogP contribution in [0.1, 0.15) is 41.0 Å². The van der Waals surface area contributed by atoms with E-state index in [2.05, 4.69) is 5.16 Å². The molecule has 0 amide bonds. The standard InChI is InChI=1S/C10H19N3O3/c1-6-8-9(3,4)13(16)10(5,12(8)15)7(2)11-14/h16H,6H2,1-5H3,(H-,14,15)/p+1. The summed E-state index contributed by atoms with van der Waals surface area (Å²) in [5, 5.41) is 33.2. The highest BCUT2D eigenvalue weighted by molar-refractivity contribution is 5.96. The van der Waals surface area contributed by atoms with Crippen molar-refractivity contribution < 1.29 is 20.4 Å². The second-order valence-corrected chi connectivity index (χ2v) is 4.69. The van der Waals surface area contributed by atoms with Crippen LogP contribution in [0.5, 0.6) is 0 Å². The van der Waals surface area contributed by atoms with Crippen molar-refractivity contribution in [2.24, 2.45) is 5.16 Å². The molecule has 0 bridgehead atoms. The number of oxime groups is 1. The molecule has 0 aliphatic carbocycles. The summed E-state index contributed by atoms with van der Waals surface area (Å²) in [6, 6.07) is 0. The lowest BCUT2D eigenvalue weighted by atomic mass is 9.96. The van der Waals surface area contributed by atoms with Crippen molar-refractivity contribution in [2.75, 3.05) is 0 Å². The van der Waals surface area contributed by atoms with Gasteiger partial charge in [0.2, 0.25) is 5.71 Å². The highest BCUT2D eigenvalue weighted by Crippen LogP contribution is 2.34. The minimum Gasteiger partial charge on any atom is -0.411 e. The van der Waals surface area contributed by atoms with E-state index in [-0.39, 0.29) is 5.71 Å². The Labute approximate surface area is 95.0 Å². The number of nitrogens with zero attached hydrogens (tertiary/aromatic N) is 3. The van der Waals surface area contributed by atoms with E-state index in [0.717, 1.165) is 9.80 Å². The summed E-state index contributed by atoms with van der Waals surface area (Å²) in [5.74, 6) is 0. The van der Waals surface area contributed by atoms with Crippen LogP contribution < -0.4 is 0 Å². The predicted molar refractivity (Wildman–Crippen MR) is 58.3 cm³/mol. The van der Waals surface area contributed by atoms with Crippen LogP contribution in [0.15, 0.2) is 5.16 Å². The second-order valence-electron chi connectivity index (χ2n) is 4.69. The maximum absolute atomic E-state index is 10.2. The first-order chi connectivity index (χ1) is 7.24. The first-order valence-electron chi connectivity index (χ1n) is 5.28. The molecular formula is C10H20N3O3+. The van der Waals surface area contributed by atoms with Crippen LogP contribution in [0.25, 0.3) is 0 Å². The Kier molecular flexibility index (Phi) is 3.00. The maximum atomic E-state index is 10.2. The topological polar surface area (TPSA) is 79.3 Å². The Morgan fingerprint density at radius 1 is 1.44 bits per heavy atom. The molecule has 16 heavy (non-hydrogen) atoms. The van der Waals surface area contributed by atoms with Crippen LogP contribution in [0, 0.1) is 0 Å². The lowest BCUT2D eigenvalue weighted by molar-refractivity contribution is -0.825. The van der Waals surface area contributed by atoms with E-state index in [9.17, 15) is 10.4 Å². The average Bonchev–Trinajstić information content (AvgIpc) is 2.37. The summed E-state index contributed by atoms with van der Waals surface area (Å²) in [6.07, 6.45) is 0.592. The zero-order valence-corrected chi connectivity index (χ0v) is 10.4. The van der Waals surface area contributed by atoms with E-state index < -0.39 is 11.2 Å². The maximum Gasteiger partial charge on any atom is 0.327 e. The molecule has 1 rings (SSSR count). The third kappa shape index (κ3) is 1.33. The quantitative estimate of drug-likeness (QED) is 0.289. The molecule has 3 N–H and O–H groups in total. The van der Waals surface area contributed by atoms with E-state index >= 15 is 0 Å². The molecule has 0 spiro atoms. The monoisotopic (exact) mass is 230 g/mol. The normalized spacial score (nSPS) is 31.2. The first kappa shape index (κ1) is 12.9. The van der Waals surface area contributed by atoms with E-state index in [4.69, 9.17) is 5.21 Å². The molecule has 0 aromatic carbocycles. The van der Waals surface area contributed by atoms with Gasteiger partial charge in [-0.1, -0.05) is 12.1 Å². The fourth-order valence-electron chi connectivity index (χ4n) is 2.26. The van der Waals surface area contributed by atoms with Gasteiger partial charge in [-0.2, -0.15) is 0 Å². The molecule has 0 saturated heterocycles. The molecule has 1 aliphatic rings. The zero-order chi connectivity index (χ0) is 12.7. The Morgan fingerprint density at radius 3 is 2.25 bits per heavy atom. The summed E-state index contributed by atoms with van der Waals surface area (Å²) < 4.78 is 0.974. The van der Waals surface area contributed by atoms with Gasteiger partial charge in [-0.25, -0.2) is 0 Å². The van der Waals surface area contributed by atoms with E-state index in [1.807, 2.05) is 6.92 Å². The van der Waals surface area contributed by atoms with Gasteiger partial charge < -0.3 is 10.4 Å². The minimum atomic E-state index is -1.23. The van der Waals surface area contributed by atoms with E-state index in [1.54, 1.807) is 27.7 Å².